The molecule has 0 saturated heterocycles. The second-order valence-corrected chi connectivity index (χ2v) is 2.23. The summed E-state index contributed by atoms with van der Waals surface area (Å²) < 4.78 is 4.78. The molecule has 13 heavy (non-hydrogen) atoms. The Balaban J connectivity index is 2.67. The van der Waals surface area contributed by atoms with Gasteiger partial charge in [-0.1, -0.05) is 0 Å². The Labute approximate surface area is 70.5 Å². The van der Waals surface area contributed by atoms with E-state index in [4.69, 9.17) is 4.42 Å². The fraction of sp³-hybridized carbons (Fsp3) is 0. The molecule has 66 valence electrons. The number of nitrogens with zero attached hydrogens (tertiary/aromatic N) is 2. The van der Waals surface area contributed by atoms with Gasteiger partial charge in [0, 0.05) is 6.20 Å². The van der Waals surface area contributed by atoms with Gasteiger partial charge in [0.05, 0.1) is 0 Å². The zero-order chi connectivity index (χ0) is 9.26. The molecule has 0 atom stereocenters. The molecular weight excluding hydrogens is 176 g/mol. The zero-order valence-corrected chi connectivity index (χ0v) is 6.27. The van der Waals surface area contributed by atoms with E-state index in [2.05, 4.69) is 15.2 Å². The summed E-state index contributed by atoms with van der Waals surface area (Å²) in [7, 11) is 0. The third-order valence-electron chi connectivity index (χ3n) is 1.41. The smallest absolute Gasteiger partial charge is 0.325 e. The number of H-pyrrole nitrogens is 2. The van der Waals surface area contributed by atoms with Gasteiger partial charge in [0.1, 0.15) is 5.56 Å². The molecule has 0 fully saturated rings. The normalized spacial score (nSPS) is 10.2. The van der Waals surface area contributed by atoms with Crippen LogP contribution in [0.4, 0.5) is 0 Å². The van der Waals surface area contributed by atoms with Gasteiger partial charge in [0.15, 0.2) is 0 Å². The van der Waals surface area contributed by atoms with Gasteiger partial charge < -0.3 is 9.40 Å². The van der Waals surface area contributed by atoms with Crippen LogP contribution in [-0.4, -0.2) is 20.2 Å². The number of rotatable bonds is 1. The molecule has 0 aliphatic carbocycles. The topological polar surface area (TPSA) is 105 Å². The molecule has 0 bridgehead atoms. The molecule has 2 N–H and O–H groups in total. The van der Waals surface area contributed by atoms with Crippen molar-refractivity contribution in [3.05, 3.63) is 33.4 Å². The van der Waals surface area contributed by atoms with E-state index < -0.39 is 11.2 Å². The predicted molar refractivity (Wildman–Crippen MR) is 41.0 cm³/mol. The highest BCUT2D eigenvalue weighted by molar-refractivity contribution is 5.47. The fourth-order valence-corrected chi connectivity index (χ4v) is 0.859. The van der Waals surface area contributed by atoms with Gasteiger partial charge >= 0.3 is 5.69 Å². The van der Waals surface area contributed by atoms with Crippen LogP contribution in [0.1, 0.15) is 0 Å². The largest absolute Gasteiger partial charge is 0.423 e. The van der Waals surface area contributed by atoms with Crippen LogP contribution in [0.15, 0.2) is 26.6 Å². The quantitative estimate of drug-likeness (QED) is 0.592. The molecule has 2 rings (SSSR count). The summed E-state index contributed by atoms with van der Waals surface area (Å²) in [6.45, 7) is 0. The Morgan fingerprint density at radius 2 is 2.23 bits per heavy atom. The summed E-state index contributed by atoms with van der Waals surface area (Å²) in [6, 6.07) is 0. The van der Waals surface area contributed by atoms with Crippen molar-refractivity contribution >= 4 is 0 Å². The first-order valence-electron chi connectivity index (χ1n) is 3.36. The van der Waals surface area contributed by atoms with Gasteiger partial charge in [0.2, 0.25) is 6.39 Å². The zero-order valence-electron chi connectivity index (χ0n) is 6.27. The van der Waals surface area contributed by atoms with E-state index in [1.807, 2.05) is 4.98 Å². The van der Waals surface area contributed by atoms with Gasteiger partial charge in [-0.15, -0.1) is 10.2 Å². The Morgan fingerprint density at radius 1 is 1.38 bits per heavy atom. The first kappa shape index (κ1) is 7.47. The molecule has 7 nitrogen and oxygen atoms in total. The van der Waals surface area contributed by atoms with Crippen molar-refractivity contribution in [3.8, 4) is 11.5 Å². The highest BCUT2D eigenvalue weighted by atomic mass is 16.4. The van der Waals surface area contributed by atoms with E-state index in [1.54, 1.807) is 0 Å². The first-order valence-corrected chi connectivity index (χ1v) is 3.36. The van der Waals surface area contributed by atoms with Gasteiger partial charge in [-0.25, -0.2) is 4.79 Å². The van der Waals surface area contributed by atoms with Crippen LogP contribution in [0.25, 0.3) is 11.5 Å². The van der Waals surface area contributed by atoms with Crippen LogP contribution in [0.2, 0.25) is 0 Å². The lowest BCUT2D eigenvalue weighted by atomic mass is 10.3. The van der Waals surface area contributed by atoms with Crippen molar-refractivity contribution in [3.63, 3.8) is 0 Å². The monoisotopic (exact) mass is 180 g/mol. The van der Waals surface area contributed by atoms with Crippen molar-refractivity contribution < 1.29 is 4.42 Å². The van der Waals surface area contributed by atoms with Gasteiger partial charge in [-0.3, -0.25) is 9.78 Å². The molecule has 0 unspecified atom stereocenters. The van der Waals surface area contributed by atoms with Gasteiger partial charge in [-0.2, -0.15) is 0 Å². The van der Waals surface area contributed by atoms with Gasteiger partial charge in [-0.05, 0) is 0 Å². The Hall–Kier alpha value is -2.18. The summed E-state index contributed by atoms with van der Waals surface area (Å²) in [5.74, 6) is 0.0671. The second kappa shape index (κ2) is 2.70. The van der Waals surface area contributed by atoms with E-state index in [0.29, 0.717) is 0 Å². The molecule has 7 heteroatoms. The maximum Gasteiger partial charge on any atom is 0.325 e. The maximum absolute atomic E-state index is 11.1. The number of hydrogen-bond acceptors (Lipinski definition) is 5. The Kier molecular flexibility index (Phi) is 1.55. The molecule has 2 aromatic rings. The van der Waals surface area contributed by atoms with Crippen molar-refractivity contribution in [2.45, 2.75) is 0 Å². The fourth-order valence-electron chi connectivity index (χ4n) is 0.859. The molecule has 0 aromatic carbocycles. The highest BCUT2D eigenvalue weighted by Gasteiger charge is 2.07. The van der Waals surface area contributed by atoms with E-state index in [9.17, 15) is 9.59 Å². The van der Waals surface area contributed by atoms with Crippen molar-refractivity contribution in [1.29, 1.82) is 0 Å². The van der Waals surface area contributed by atoms with E-state index in [1.165, 1.54) is 6.20 Å². The van der Waals surface area contributed by atoms with Crippen molar-refractivity contribution in [2.75, 3.05) is 0 Å². The minimum absolute atomic E-state index is 0.0671. The summed E-state index contributed by atoms with van der Waals surface area (Å²) in [4.78, 5) is 26.1. The third-order valence-corrected chi connectivity index (χ3v) is 1.41. The van der Waals surface area contributed by atoms with Gasteiger partial charge in [0.25, 0.3) is 11.4 Å². The summed E-state index contributed by atoms with van der Waals surface area (Å²) >= 11 is 0. The Morgan fingerprint density at radius 3 is 2.85 bits per heavy atom. The minimum atomic E-state index is -0.576. The number of aromatic amines is 2. The minimum Gasteiger partial charge on any atom is -0.423 e. The molecule has 2 heterocycles. The molecule has 0 aliphatic heterocycles. The summed E-state index contributed by atoms with van der Waals surface area (Å²) in [5, 5.41) is 6.92. The molecule has 2 aromatic heterocycles. The van der Waals surface area contributed by atoms with Crippen LogP contribution in [0.3, 0.4) is 0 Å². The van der Waals surface area contributed by atoms with Crippen molar-refractivity contribution in [2.24, 2.45) is 0 Å². The predicted octanol–water partition coefficient (Wildman–Crippen LogP) is -0.887. The number of hydrogen-bond donors (Lipinski definition) is 2. The van der Waals surface area contributed by atoms with E-state index >= 15 is 0 Å². The van der Waals surface area contributed by atoms with E-state index in [0.717, 1.165) is 6.39 Å². The average Bonchev–Trinajstić information content (AvgIpc) is 2.56. The summed E-state index contributed by atoms with van der Waals surface area (Å²) in [6.07, 6.45) is 2.31. The van der Waals surface area contributed by atoms with Crippen molar-refractivity contribution in [1.82, 2.24) is 20.2 Å². The van der Waals surface area contributed by atoms with Crippen LogP contribution >= 0.6 is 0 Å². The molecule has 0 aliphatic rings. The summed E-state index contributed by atoms with van der Waals surface area (Å²) in [5.41, 5.74) is -1.00. The standard InChI is InChI=1S/C6H4N4O3/c11-4-3(1-7-6(12)9-4)5-10-8-2-13-5/h1-2H,(H2,7,9,11,12). The lowest BCUT2D eigenvalue weighted by Gasteiger charge is -1.89. The first-order chi connectivity index (χ1) is 6.27. The average molecular weight is 180 g/mol. The maximum atomic E-state index is 11.1. The molecule has 0 saturated carbocycles. The SMILES string of the molecule is O=c1[nH]cc(-c2nnco2)c(=O)[nH]1. The third kappa shape index (κ3) is 1.26. The molecule has 0 spiro atoms. The van der Waals surface area contributed by atoms with Crippen LogP contribution in [0, 0.1) is 0 Å². The van der Waals surface area contributed by atoms with Crippen LogP contribution in [-0.2, 0) is 0 Å². The lowest BCUT2D eigenvalue weighted by Crippen LogP contribution is -2.22. The molecular formula is C6H4N4O3. The lowest BCUT2D eigenvalue weighted by molar-refractivity contribution is 0.567. The number of nitrogens with one attached hydrogen (secondary N) is 2. The van der Waals surface area contributed by atoms with Crippen LogP contribution < -0.4 is 11.2 Å². The number of aromatic nitrogens is 4. The van der Waals surface area contributed by atoms with E-state index in [-0.39, 0.29) is 11.5 Å². The Bertz CT molecular complexity index is 509. The second-order valence-electron chi connectivity index (χ2n) is 2.23. The molecule has 0 amide bonds. The van der Waals surface area contributed by atoms with Crippen LogP contribution in [0.5, 0.6) is 0 Å². The highest BCUT2D eigenvalue weighted by Crippen LogP contribution is 2.06. The molecule has 0 radical (unpaired) electrons.